The van der Waals surface area contributed by atoms with Crippen LogP contribution in [0, 0.1) is 5.92 Å². The first-order valence-electron chi connectivity index (χ1n) is 6.61. The fraction of sp³-hybridized carbons (Fsp3) is 0.429. The molecular formula is C14H17NO5S. The van der Waals surface area contributed by atoms with Crippen molar-refractivity contribution in [3.8, 4) is 0 Å². The van der Waals surface area contributed by atoms with Gasteiger partial charge in [0, 0.05) is 24.9 Å². The predicted molar refractivity (Wildman–Crippen MR) is 75.8 cm³/mol. The molecule has 1 atom stereocenters. The Morgan fingerprint density at radius 3 is 2.38 bits per heavy atom. The van der Waals surface area contributed by atoms with Crippen LogP contribution in [0.2, 0.25) is 0 Å². The lowest BCUT2D eigenvalue weighted by Crippen LogP contribution is -2.42. The van der Waals surface area contributed by atoms with E-state index in [2.05, 4.69) is 0 Å². The summed E-state index contributed by atoms with van der Waals surface area (Å²) in [5.74, 6) is -1.68. The van der Waals surface area contributed by atoms with Gasteiger partial charge < -0.3 is 10.0 Å². The molecule has 1 aromatic carbocycles. The average molecular weight is 311 g/mol. The van der Waals surface area contributed by atoms with E-state index in [9.17, 15) is 18.0 Å². The van der Waals surface area contributed by atoms with E-state index >= 15 is 0 Å². The zero-order valence-electron chi connectivity index (χ0n) is 11.7. The number of likely N-dealkylation sites (tertiary alicyclic amines) is 1. The van der Waals surface area contributed by atoms with Crippen molar-refractivity contribution in [2.45, 2.75) is 17.7 Å². The van der Waals surface area contributed by atoms with Crippen molar-refractivity contribution in [3.05, 3.63) is 29.8 Å². The Balaban J connectivity index is 2.14. The van der Waals surface area contributed by atoms with Gasteiger partial charge in [0.25, 0.3) is 5.91 Å². The van der Waals surface area contributed by atoms with Gasteiger partial charge in [0.05, 0.1) is 10.8 Å². The third-order valence-electron chi connectivity index (χ3n) is 3.59. The molecule has 1 saturated heterocycles. The van der Waals surface area contributed by atoms with Gasteiger partial charge in [-0.15, -0.1) is 0 Å². The number of benzene rings is 1. The van der Waals surface area contributed by atoms with Crippen molar-refractivity contribution >= 4 is 21.7 Å². The van der Waals surface area contributed by atoms with Crippen molar-refractivity contribution < 1.29 is 23.1 Å². The van der Waals surface area contributed by atoms with Gasteiger partial charge in [-0.1, -0.05) is 0 Å². The second kappa shape index (κ2) is 5.85. The van der Waals surface area contributed by atoms with Crippen molar-refractivity contribution in [1.29, 1.82) is 0 Å². The molecule has 0 saturated carbocycles. The predicted octanol–water partition coefficient (Wildman–Crippen LogP) is 1.03. The number of piperidine rings is 1. The fourth-order valence-corrected chi connectivity index (χ4v) is 3.02. The molecule has 1 fully saturated rings. The molecule has 1 N–H and O–H groups in total. The Labute approximate surface area is 123 Å². The lowest BCUT2D eigenvalue weighted by atomic mass is 9.97. The van der Waals surface area contributed by atoms with Crippen LogP contribution in [0.25, 0.3) is 0 Å². The van der Waals surface area contributed by atoms with Crippen LogP contribution in [0.1, 0.15) is 23.2 Å². The number of nitrogens with zero attached hydrogens (tertiary/aromatic N) is 1. The molecule has 0 aliphatic carbocycles. The first-order valence-corrected chi connectivity index (χ1v) is 8.50. The lowest BCUT2D eigenvalue weighted by molar-refractivity contribution is -0.143. The highest BCUT2D eigenvalue weighted by Crippen LogP contribution is 2.19. The molecule has 0 spiro atoms. The van der Waals surface area contributed by atoms with E-state index < -0.39 is 21.7 Å². The maximum atomic E-state index is 12.3. The molecule has 1 unspecified atom stereocenters. The van der Waals surface area contributed by atoms with Crippen LogP contribution in [-0.4, -0.2) is 49.6 Å². The Hall–Kier alpha value is -1.89. The van der Waals surface area contributed by atoms with Crippen LogP contribution in [0.3, 0.4) is 0 Å². The van der Waals surface area contributed by atoms with E-state index in [0.29, 0.717) is 24.9 Å². The number of carboxylic acids is 1. The minimum Gasteiger partial charge on any atom is -0.481 e. The summed E-state index contributed by atoms with van der Waals surface area (Å²) in [7, 11) is -3.29. The van der Waals surface area contributed by atoms with Crippen LogP contribution < -0.4 is 0 Å². The summed E-state index contributed by atoms with van der Waals surface area (Å²) in [6.45, 7) is 0.721. The summed E-state index contributed by atoms with van der Waals surface area (Å²) in [6, 6.07) is 5.70. The Kier molecular flexibility index (Phi) is 4.32. The molecule has 1 aromatic rings. The van der Waals surface area contributed by atoms with Crippen LogP contribution in [0.5, 0.6) is 0 Å². The summed E-state index contributed by atoms with van der Waals surface area (Å²) in [4.78, 5) is 25.0. The van der Waals surface area contributed by atoms with Crippen LogP contribution in [-0.2, 0) is 14.6 Å². The van der Waals surface area contributed by atoms with Gasteiger partial charge in [0.1, 0.15) is 0 Å². The quantitative estimate of drug-likeness (QED) is 0.900. The van der Waals surface area contributed by atoms with E-state index in [0.717, 1.165) is 6.26 Å². The summed E-state index contributed by atoms with van der Waals surface area (Å²) >= 11 is 0. The topological polar surface area (TPSA) is 91.8 Å². The number of aliphatic carboxylic acids is 1. The van der Waals surface area contributed by atoms with E-state index in [1.165, 1.54) is 29.2 Å². The summed E-state index contributed by atoms with van der Waals surface area (Å²) in [6.07, 6.45) is 2.34. The van der Waals surface area contributed by atoms with Crippen molar-refractivity contribution in [3.63, 3.8) is 0 Å². The number of rotatable bonds is 3. The highest BCUT2D eigenvalue weighted by atomic mass is 32.2. The molecule has 114 valence electrons. The zero-order chi connectivity index (χ0) is 15.6. The Morgan fingerprint density at radius 2 is 1.86 bits per heavy atom. The molecule has 0 aromatic heterocycles. The van der Waals surface area contributed by atoms with Crippen LogP contribution in [0.4, 0.5) is 0 Å². The summed E-state index contributed by atoms with van der Waals surface area (Å²) < 4.78 is 22.7. The molecule has 0 radical (unpaired) electrons. The smallest absolute Gasteiger partial charge is 0.308 e. The van der Waals surface area contributed by atoms with Gasteiger partial charge in [0.2, 0.25) is 0 Å². The number of sulfone groups is 1. The second-order valence-corrected chi connectivity index (χ2v) is 7.24. The number of hydrogen-bond donors (Lipinski definition) is 1. The van der Waals surface area contributed by atoms with Crippen LogP contribution in [0.15, 0.2) is 29.2 Å². The Bertz CT molecular complexity index is 650. The molecule has 1 aliphatic heterocycles. The van der Waals surface area contributed by atoms with E-state index in [-0.39, 0.29) is 17.3 Å². The highest BCUT2D eigenvalue weighted by molar-refractivity contribution is 7.90. The van der Waals surface area contributed by atoms with Gasteiger partial charge >= 0.3 is 5.97 Å². The minimum atomic E-state index is -3.29. The fourth-order valence-electron chi connectivity index (χ4n) is 2.39. The molecule has 7 heteroatoms. The highest BCUT2D eigenvalue weighted by Gasteiger charge is 2.28. The van der Waals surface area contributed by atoms with Gasteiger partial charge in [-0.2, -0.15) is 0 Å². The van der Waals surface area contributed by atoms with E-state index in [1.807, 2.05) is 0 Å². The third-order valence-corrected chi connectivity index (χ3v) is 4.72. The molecule has 1 aliphatic rings. The SMILES string of the molecule is CS(=O)(=O)c1ccc(C(=O)N2CCCC(C(=O)O)C2)cc1. The molecule has 1 amide bonds. The van der Waals surface area contributed by atoms with Crippen molar-refractivity contribution in [1.82, 2.24) is 4.90 Å². The molecular weight excluding hydrogens is 294 g/mol. The number of carbonyl (C=O) groups excluding carboxylic acids is 1. The van der Waals surface area contributed by atoms with Crippen molar-refractivity contribution in [2.75, 3.05) is 19.3 Å². The minimum absolute atomic E-state index is 0.154. The van der Waals surface area contributed by atoms with Gasteiger partial charge in [-0.3, -0.25) is 9.59 Å². The molecule has 6 nitrogen and oxygen atoms in total. The standard InChI is InChI=1S/C14H17NO5S/c1-21(19,20)12-6-4-10(5-7-12)13(16)15-8-2-3-11(9-15)14(17)18/h4-7,11H,2-3,8-9H2,1H3,(H,17,18). The third kappa shape index (κ3) is 3.60. The number of carbonyl (C=O) groups is 2. The zero-order valence-corrected chi connectivity index (χ0v) is 12.5. The summed E-state index contributed by atoms with van der Waals surface area (Å²) in [5.41, 5.74) is 0.369. The molecule has 1 heterocycles. The number of carboxylic acid groups (broad SMARTS) is 1. The average Bonchev–Trinajstić information content (AvgIpc) is 2.46. The first kappa shape index (κ1) is 15.5. The molecule has 2 rings (SSSR count). The lowest BCUT2D eigenvalue weighted by Gasteiger charge is -2.30. The van der Waals surface area contributed by atoms with Crippen LogP contribution >= 0.6 is 0 Å². The number of amides is 1. The van der Waals surface area contributed by atoms with E-state index in [1.54, 1.807) is 0 Å². The van der Waals surface area contributed by atoms with Gasteiger partial charge in [-0.05, 0) is 37.1 Å². The van der Waals surface area contributed by atoms with Crippen molar-refractivity contribution in [2.24, 2.45) is 5.92 Å². The maximum Gasteiger partial charge on any atom is 0.308 e. The molecule has 0 bridgehead atoms. The monoisotopic (exact) mass is 311 g/mol. The van der Waals surface area contributed by atoms with Gasteiger partial charge in [0.15, 0.2) is 9.84 Å². The second-order valence-electron chi connectivity index (χ2n) is 5.23. The van der Waals surface area contributed by atoms with Gasteiger partial charge in [-0.25, -0.2) is 8.42 Å². The normalized spacial score (nSPS) is 19.3. The maximum absolute atomic E-state index is 12.3. The molecule has 21 heavy (non-hydrogen) atoms. The first-order chi connectivity index (χ1) is 9.79. The largest absolute Gasteiger partial charge is 0.481 e. The Morgan fingerprint density at radius 1 is 1.24 bits per heavy atom. The van der Waals surface area contributed by atoms with E-state index in [4.69, 9.17) is 5.11 Å². The summed E-state index contributed by atoms with van der Waals surface area (Å²) in [5, 5.41) is 9.03. The number of hydrogen-bond acceptors (Lipinski definition) is 4.